The lowest BCUT2D eigenvalue weighted by Gasteiger charge is -2.39. The number of amides is 6. The summed E-state index contributed by atoms with van der Waals surface area (Å²) in [6, 6.07) is 13.2. The Balaban J connectivity index is 0.618. The predicted octanol–water partition coefficient (Wildman–Crippen LogP) is 2.63. The number of piperazine rings is 1. The largest absolute Gasteiger partial charge is 0.382 e. The third kappa shape index (κ3) is 14.0. The van der Waals surface area contributed by atoms with Gasteiger partial charge in [0.05, 0.1) is 101 Å². The number of likely N-dealkylation sites (N-methyl/N-ethyl adjacent to an activating group) is 1. The molecule has 0 spiro atoms. The Morgan fingerprint density at radius 3 is 2.15 bits per heavy atom. The molecule has 4 aliphatic rings. The van der Waals surface area contributed by atoms with Crippen LogP contribution in [0.15, 0.2) is 61.1 Å². The highest BCUT2D eigenvalue weighted by Crippen LogP contribution is 2.34. The molecule has 5 N–H and O–H groups in total. The van der Waals surface area contributed by atoms with Gasteiger partial charge in [-0.05, 0) is 61.6 Å². The van der Waals surface area contributed by atoms with Crippen LogP contribution in [-0.4, -0.2) is 207 Å². The summed E-state index contributed by atoms with van der Waals surface area (Å²) >= 11 is 6.23. The fraction of sp³-hybridized carbons (Fsp3) is 0.538. The molecule has 23 heteroatoms. The SMILES string of the molecule is CN1C(=O)CCC(N2C(=O)c3cccc(NCCOCCOCCOCCOCCOCCC(=O)N4CCN(CC[C@H](NC(=O)C5(N)CCN(c6ncnc7[nH]ccc67)CC5)c5ccc(Cl)cc5)CC4)c3C2=O)C1=O. The average molecular weight is 1060 g/mol. The minimum absolute atomic E-state index is 0.0555. The number of benzene rings is 2. The first-order valence-corrected chi connectivity index (χ1v) is 26.1. The normalized spacial score (nSPS) is 18.5. The molecule has 1 unspecified atom stereocenters. The molecular formula is C52H68ClN11O11. The second-order valence-corrected chi connectivity index (χ2v) is 19.4. The molecule has 0 saturated carbocycles. The van der Waals surface area contributed by atoms with Crippen molar-refractivity contribution in [2.24, 2.45) is 5.73 Å². The number of nitrogens with two attached hydrogens (primary N) is 1. The number of ether oxygens (including phenoxy) is 5. The van der Waals surface area contributed by atoms with Gasteiger partial charge >= 0.3 is 0 Å². The van der Waals surface area contributed by atoms with Gasteiger partial charge in [-0.1, -0.05) is 29.8 Å². The first-order chi connectivity index (χ1) is 36.4. The molecule has 8 rings (SSSR count). The van der Waals surface area contributed by atoms with Gasteiger partial charge in [0, 0.05) is 82.7 Å². The Morgan fingerprint density at radius 2 is 1.47 bits per heavy atom. The number of hydrogen-bond acceptors (Lipinski definition) is 17. The summed E-state index contributed by atoms with van der Waals surface area (Å²) in [5.41, 5.74) is 8.42. The van der Waals surface area contributed by atoms with Gasteiger partial charge < -0.3 is 54.8 Å². The van der Waals surface area contributed by atoms with Crippen molar-refractivity contribution in [3.8, 4) is 0 Å². The number of likely N-dealkylation sites (tertiary alicyclic amines) is 1. The van der Waals surface area contributed by atoms with Crippen molar-refractivity contribution >= 4 is 69.6 Å². The molecule has 0 aliphatic carbocycles. The Kier molecular flexibility index (Phi) is 19.5. The molecule has 2 atom stereocenters. The van der Waals surface area contributed by atoms with Crippen LogP contribution in [0.5, 0.6) is 0 Å². The highest BCUT2D eigenvalue weighted by Gasteiger charge is 2.47. The maximum atomic E-state index is 13.9. The molecule has 0 bridgehead atoms. The Hall–Kier alpha value is -6.11. The lowest BCUT2D eigenvalue weighted by Crippen LogP contribution is -2.60. The van der Waals surface area contributed by atoms with Gasteiger partial charge in [-0.3, -0.25) is 43.5 Å². The van der Waals surface area contributed by atoms with Crippen molar-refractivity contribution in [2.75, 3.05) is 136 Å². The van der Waals surface area contributed by atoms with Crippen LogP contribution in [-0.2, 0) is 42.9 Å². The number of aromatic nitrogens is 3. The van der Waals surface area contributed by atoms with E-state index in [1.165, 1.54) is 7.05 Å². The van der Waals surface area contributed by atoms with Crippen molar-refractivity contribution in [2.45, 2.75) is 56.1 Å². The number of anilines is 2. The quantitative estimate of drug-likeness (QED) is 0.0495. The van der Waals surface area contributed by atoms with E-state index in [0.29, 0.717) is 135 Å². The number of nitrogens with one attached hydrogen (secondary N) is 3. The molecule has 4 aliphatic heterocycles. The highest BCUT2D eigenvalue weighted by molar-refractivity contribution is 6.30. The number of rotatable bonds is 27. The van der Waals surface area contributed by atoms with Crippen molar-refractivity contribution < 1.29 is 52.5 Å². The topological polar surface area (TPSA) is 256 Å². The number of piperidine rings is 2. The van der Waals surface area contributed by atoms with Gasteiger partial charge in [-0.2, -0.15) is 0 Å². The number of aromatic amines is 1. The van der Waals surface area contributed by atoms with Crippen LogP contribution in [0.1, 0.15) is 70.8 Å². The summed E-state index contributed by atoms with van der Waals surface area (Å²) in [5, 5.41) is 8.00. The van der Waals surface area contributed by atoms with E-state index in [2.05, 4.69) is 35.4 Å². The second kappa shape index (κ2) is 26.6. The molecule has 4 aromatic rings. The molecule has 6 amide bonds. The summed E-state index contributed by atoms with van der Waals surface area (Å²) in [5.74, 6) is -1.29. The Labute approximate surface area is 440 Å². The van der Waals surface area contributed by atoms with E-state index in [9.17, 15) is 28.8 Å². The Morgan fingerprint density at radius 1 is 0.813 bits per heavy atom. The molecule has 3 saturated heterocycles. The van der Waals surface area contributed by atoms with Crippen LogP contribution in [0, 0.1) is 0 Å². The van der Waals surface area contributed by atoms with Crippen LogP contribution in [0.25, 0.3) is 11.0 Å². The zero-order chi connectivity index (χ0) is 52.7. The maximum Gasteiger partial charge on any atom is 0.264 e. The molecule has 22 nitrogen and oxygen atoms in total. The van der Waals surface area contributed by atoms with E-state index < -0.39 is 29.3 Å². The molecule has 2 aromatic heterocycles. The van der Waals surface area contributed by atoms with Gasteiger partial charge in [0.15, 0.2) is 0 Å². The zero-order valence-electron chi connectivity index (χ0n) is 42.5. The van der Waals surface area contributed by atoms with Gasteiger partial charge in [0.1, 0.15) is 23.8 Å². The number of fused-ring (bicyclic) bond motifs is 2. The lowest BCUT2D eigenvalue weighted by atomic mass is 9.87. The van der Waals surface area contributed by atoms with Crippen LogP contribution in [0.4, 0.5) is 11.5 Å². The molecule has 6 heterocycles. The van der Waals surface area contributed by atoms with E-state index in [1.54, 1.807) is 24.5 Å². The molecule has 75 heavy (non-hydrogen) atoms. The average Bonchev–Trinajstić information content (AvgIpc) is 4.02. The first kappa shape index (κ1) is 55.1. The third-order valence-electron chi connectivity index (χ3n) is 14.2. The number of imide groups is 2. The standard InChI is InChI=1S/C52H68ClN11O11/c1-60-43(65)10-9-42(49(60)68)64-48(67)38-3-2-4-41(45(38)50(64)69)55-17-26-72-28-30-74-32-34-75-33-31-73-29-27-71-25-13-44(66)62-23-21-61(22-24-62)18-12-40(36-5-7-37(53)8-6-36)59-51(70)52(54)14-19-63(20-15-52)47-39-11-16-56-46(39)57-35-58-47/h2-8,11,16,35,40,42,55H,9-10,12-15,17-34,54H2,1H3,(H,59,70)(H,56,57,58)/t40-,42?/m0/s1. The maximum absolute atomic E-state index is 13.9. The molecule has 3 fully saturated rings. The minimum atomic E-state index is -1.02. The smallest absolute Gasteiger partial charge is 0.264 e. The van der Waals surface area contributed by atoms with Crippen LogP contribution in [0.3, 0.4) is 0 Å². The number of hydrogen-bond donors (Lipinski definition) is 4. The van der Waals surface area contributed by atoms with Crippen molar-refractivity contribution in [1.29, 1.82) is 0 Å². The summed E-state index contributed by atoms with van der Waals surface area (Å²) in [7, 11) is 1.36. The van der Waals surface area contributed by atoms with Crippen molar-refractivity contribution in [1.82, 2.24) is 39.9 Å². The summed E-state index contributed by atoms with van der Waals surface area (Å²) < 4.78 is 28.1. The molecule has 0 radical (unpaired) electrons. The first-order valence-electron chi connectivity index (χ1n) is 25.7. The third-order valence-corrected chi connectivity index (χ3v) is 14.4. The molecule has 404 valence electrons. The number of nitrogens with zero attached hydrogens (tertiary/aromatic N) is 7. The molecular weight excluding hydrogens is 990 g/mol. The van der Waals surface area contributed by atoms with E-state index >= 15 is 0 Å². The zero-order valence-corrected chi connectivity index (χ0v) is 43.2. The fourth-order valence-corrected chi connectivity index (χ4v) is 9.86. The highest BCUT2D eigenvalue weighted by atomic mass is 35.5. The van der Waals surface area contributed by atoms with E-state index in [-0.39, 0.29) is 47.7 Å². The van der Waals surface area contributed by atoms with Gasteiger partial charge in [-0.25, -0.2) is 9.97 Å². The van der Waals surface area contributed by atoms with Crippen LogP contribution < -0.4 is 21.3 Å². The fourth-order valence-electron chi connectivity index (χ4n) is 9.74. The van der Waals surface area contributed by atoms with Gasteiger partial charge in [0.25, 0.3) is 17.7 Å². The lowest BCUT2D eigenvalue weighted by molar-refractivity contribution is -0.149. The van der Waals surface area contributed by atoms with Crippen LogP contribution >= 0.6 is 11.6 Å². The summed E-state index contributed by atoms with van der Waals surface area (Å²) in [6.45, 7) is 8.62. The molecule has 2 aromatic carbocycles. The van der Waals surface area contributed by atoms with Gasteiger partial charge in [-0.15, -0.1) is 0 Å². The monoisotopic (exact) mass is 1060 g/mol. The van der Waals surface area contributed by atoms with E-state index in [4.69, 9.17) is 41.0 Å². The predicted molar refractivity (Wildman–Crippen MR) is 277 cm³/mol. The summed E-state index contributed by atoms with van der Waals surface area (Å²) in [6.07, 6.45) is 5.49. The summed E-state index contributed by atoms with van der Waals surface area (Å²) in [4.78, 5) is 98.3. The van der Waals surface area contributed by atoms with Gasteiger partial charge in [0.2, 0.25) is 17.7 Å². The number of carbonyl (C=O) groups is 6. The number of H-pyrrole nitrogens is 1. The van der Waals surface area contributed by atoms with Crippen LogP contribution in [0.2, 0.25) is 5.02 Å². The number of halogens is 1. The minimum Gasteiger partial charge on any atom is -0.382 e. The van der Waals surface area contributed by atoms with E-state index in [0.717, 1.165) is 51.8 Å². The second-order valence-electron chi connectivity index (χ2n) is 19.0. The van der Waals surface area contributed by atoms with E-state index in [1.807, 2.05) is 41.4 Å². The number of carbonyl (C=O) groups excluding carboxylic acids is 6. The Bertz CT molecular complexity index is 2610. The van der Waals surface area contributed by atoms with Crippen molar-refractivity contribution in [3.05, 3.63) is 82.8 Å². The van der Waals surface area contributed by atoms with Crippen molar-refractivity contribution in [3.63, 3.8) is 0 Å².